The number of benzene rings is 5. The van der Waals surface area contributed by atoms with Gasteiger partial charge in [-0.15, -0.1) is 0 Å². The van der Waals surface area contributed by atoms with E-state index in [4.69, 9.17) is 4.42 Å². The number of rotatable bonds is 3. The van der Waals surface area contributed by atoms with Crippen LogP contribution in [0.3, 0.4) is 0 Å². The predicted octanol–water partition coefficient (Wildman–Crippen LogP) is 11.9. The number of hydrogen-bond acceptors (Lipinski definition) is 3. The first-order valence-corrected chi connectivity index (χ1v) is 20.8. The SMILES string of the molecule is CC(C)(C)c1ccc(N2c3cc(-c4ccccc4)cc4c3B(c3cc(C(C)(C)C)ccc3N4C3CC4CCC3C4)c3oc4ccc(C(C)(C)C)cc4c32)cc1. The van der Waals surface area contributed by atoms with Crippen LogP contribution in [0.25, 0.3) is 22.1 Å². The van der Waals surface area contributed by atoms with E-state index in [1.165, 1.54) is 98.2 Å². The summed E-state index contributed by atoms with van der Waals surface area (Å²) in [6.07, 6.45) is 5.34. The van der Waals surface area contributed by atoms with Crippen molar-refractivity contribution in [2.45, 2.75) is 110 Å². The summed E-state index contributed by atoms with van der Waals surface area (Å²) in [6, 6.07) is 40.3. The molecule has 2 fully saturated rings. The molecule has 0 spiro atoms. The molecular weight excluding hydrogens is 667 g/mol. The summed E-state index contributed by atoms with van der Waals surface area (Å²) in [6.45, 7) is 20.9. The summed E-state index contributed by atoms with van der Waals surface area (Å²) in [5.74, 6) is 1.55. The van der Waals surface area contributed by atoms with Crippen molar-refractivity contribution in [3.8, 4) is 11.1 Å². The van der Waals surface area contributed by atoms with Crippen LogP contribution in [0.4, 0.5) is 28.4 Å². The van der Waals surface area contributed by atoms with Gasteiger partial charge >= 0.3 is 0 Å². The lowest BCUT2D eigenvalue weighted by molar-refractivity contribution is 0.413. The van der Waals surface area contributed by atoms with E-state index in [0.717, 1.165) is 23.1 Å². The van der Waals surface area contributed by atoms with Crippen LogP contribution < -0.4 is 26.4 Å². The molecule has 0 saturated heterocycles. The summed E-state index contributed by atoms with van der Waals surface area (Å²) in [4.78, 5) is 5.39. The third-order valence-electron chi connectivity index (χ3n) is 13.6. The highest BCUT2D eigenvalue weighted by Crippen LogP contribution is 2.53. The molecule has 3 heterocycles. The largest absolute Gasteiger partial charge is 0.468 e. The summed E-state index contributed by atoms with van der Waals surface area (Å²) < 4.78 is 7.28. The first-order valence-electron chi connectivity index (χ1n) is 20.8. The zero-order valence-electron chi connectivity index (χ0n) is 34.3. The van der Waals surface area contributed by atoms with E-state index >= 15 is 0 Å². The Morgan fingerprint density at radius 3 is 1.91 bits per heavy atom. The fourth-order valence-electron chi connectivity index (χ4n) is 10.5. The molecule has 5 aromatic carbocycles. The number of furan rings is 1. The van der Waals surface area contributed by atoms with E-state index in [1.54, 1.807) is 0 Å². The molecule has 3 unspecified atom stereocenters. The van der Waals surface area contributed by atoms with Crippen LogP contribution in [0.5, 0.6) is 0 Å². The topological polar surface area (TPSA) is 19.6 Å². The van der Waals surface area contributed by atoms with Gasteiger partial charge in [0.2, 0.25) is 0 Å². The molecule has 1 aromatic heterocycles. The highest BCUT2D eigenvalue weighted by Gasteiger charge is 2.51. The molecule has 4 heteroatoms. The van der Waals surface area contributed by atoms with E-state index in [9.17, 15) is 0 Å². The Labute approximate surface area is 328 Å². The van der Waals surface area contributed by atoms with Crippen molar-refractivity contribution < 1.29 is 4.42 Å². The Bertz CT molecular complexity index is 2470. The van der Waals surface area contributed by atoms with Crippen LogP contribution in [0.15, 0.2) is 108 Å². The molecule has 2 saturated carbocycles. The molecule has 2 aliphatic carbocycles. The molecular formula is C51H55BN2O. The summed E-state index contributed by atoms with van der Waals surface area (Å²) in [5.41, 5.74) is 17.7. The van der Waals surface area contributed by atoms with Crippen molar-refractivity contribution in [3.63, 3.8) is 0 Å². The van der Waals surface area contributed by atoms with Gasteiger partial charge in [-0.1, -0.05) is 129 Å². The minimum absolute atomic E-state index is 0.00202. The molecule has 278 valence electrons. The van der Waals surface area contributed by atoms with Gasteiger partial charge in [0.25, 0.3) is 6.71 Å². The van der Waals surface area contributed by atoms with Gasteiger partial charge in [-0.3, -0.25) is 0 Å². The van der Waals surface area contributed by atoms with Crippen LogP contribution in [-0.2, 0) is 16.2 Å². The molecule has 2 aliphatic heterocycles. The second-order valence-corrected chi connectivity index (χ2v) is 20.3. The predicted molar refractivity (Wildman–Crippen MR) is 235 cm³/mol. The van der Waals surface area contributed by atoms with Crippen molar-refractivity contribution >= 4 is 62.7 Å². The molecule has 4 aliphatic rings. The number of nitrogens with zero attached hydrogens (tertiary/aromatic N) is 2. The van der Waals surface area contributed by atoms with Crippen LogP contribution in [0.1, 0.15) is 105 Å². The molecule has 0 amide bonds. The zero-order valence-corrected chi connectivity index (χ0v) is 34.3. The van der Waals surface area contributed by atoms with Crippen molar-refractivity contribution in [2.75, 3.05) is 9.80 Å². The molecule has 3 atom stereocenters. The van der Waals surface area contributed by atoms with Crippen LogP contribution in [0, 0.1) is 11.8 Å². The van der Waals surface area contributed by atoms with Gasteiger partial charge in [-0.05, 0) is 129 Å². The quantitative estimate of drug-likeness (QED) is 0.169. The van der Waals surface area contributed by atoms with Gasteiger partial charge in [-0.25, -0.2) is 0 Å². The summed E-state index contributed by atoms with van der Waals surface area (Å²) in [7, 11) is 0. The highest BCUT2D eigenvalue weighted by atomic mass is 16.3. The molecule has 6 aromatic rings. The second-order valence-electron chi connectivity index (χ2n) is 20.3. The third-order valence-corrected chi connectivity index (χ3v) is 13.6. The normalized spacial score (nSPS) is 20.2. The number of hydrogen-bond donors (Lipinski definition) is 0. The van der Waals surface area contributed by atoms with Gasteiger partial charge in [0.1, 0.15) is 5.58 Å². The Morgan fingerprint density at radius 1 is 0.600 bits per heavy atom. The fourth-order valence-corrected chi connectivity index (χ4v) is 10.5. The summed E-state index contributed by atoms with van der Waals surface area (Å²) >= 11 is 0. The molecule has 2 bridgehead atoms. The molecule has 0 N–H and O–H groups in total. The average molecular weight is 723 g/mol. The minimum atomic E-state index is -0.0347. The molecule has 55 heavy (non-hydrogen) atoms. The Balaban J connectivity index is 1.33. The van der Waals surface area contributed by atoms with E-state index in [2.05, 4.69) is 175 Å². The number of anilines is 5. The maximum Gasteiger partial charge on any atom is 0.297 e. The lowest BCUT2D eigenvalue weighted by Crippen LogP contribution is -2.62. The van der Waals surface area contributed by atoms with Crippen LogP contribution in [0.2, 0.25) is 0 Å². The minimum Gasteiger partial charge on any atom is -0.468 e. The standard InChI is InChI=1S/C51H55BN2O/c1-49(2,3)35-17-21-38(22-18-35)53-43-27-34(32-13-11-10-12-14-32)28-44-46(43)52(48-47(53)39-29-36(50(4,5)6)20-24-45(39)55-48)40-30-37(51(7,8)9)19-23-41(40)54(44)42-26-31-15-16-33(42)25-31/h10-14,17-24,27-31,33,42H,15-16,25-26H2,1-9H3. The Hall–Kier alpha value is -4.70. The van der Waals surface area contributed by atoms with Crippen molar-refractivity contribution in [3.05, 3.63) is 120 Å². The van der Waals surface area contributed by atoms with E-state index < -0.39 is 0 Å². The lowest BCUT2D eigenvalue weighted by Gasteiger charge is -2.46. The monoisotopic (exact) mass is 722 g/mol. The van der Waals surface area contributed by atoms with E-state index in [0.29, 0.717) is 6.04 Å². The lowest BCUT2D eigenvalue weighted by atomic mass is 9.35. The second kappa shape index (κ2) is 11.9. The molecule has 3 nitrogen and oxygen atoms in total. The Morgan fingerprint density at radius 2 is 1.25 bits per heavy atom. The summed E-state index contributed by atoms with van der Waals surface area (Å²) in [5, 5.41) is 1.18. The van der Waals surface area contributed by atoms with Gasteiger partial charge in [0, 0.05) is 34.2 Å². The molecule has 0 radical (unpaired) electrons. The van der Waals surface area contributed by atoms with Crippen molar-refractivity contribution in [1.82, 2.24) is 0 Å². The van der Waals surface area contributed by atoms with E-state index in [-0.39, 0.29) is 23.0 Å². The van der Waals surface area contributed by atoms with Crippen molar-refractivity contribution in [2.24, 2.45) is 11.8 Å². The molecule has 10 rings (SSSR count). The van der Waals surface area contributed by atoms with Gasteiger partial charge in [0.05, 0.1) is 11.3 Å². The maximum absolute atomic E-state index is 7.28. The zero-order chi connectivity index (χ0) is 38.2. The van der Waals surface area contributed by atoms with Crippen LogP contribution >= 0.6 is 0 Å². The fraction of sp³-hybridized carbons (Fsp3) is 0.373. The smallest absolute Gasteiger partial charge is 0.297 e. The first kappa shape index (κ1) is 34.8. The first-order chi connectivity index (χ1) is 26.1. The number of fused-ring (bicyclic) bond motifs is 8. The van der Waals surface area contributed by atoms with Gasteiger partial charge in [0.15, 0.2) is 0 Å². The highest BCUT2D eigenvalue weighted by molar-refractivity contribution is 6.99. The van der Waals surface area contributed by atoms with Crippen LogP contribution in [-0.4, -0.2) is 12.8 Å². The van der Waals surface area contributed by atoms with Gasteiger partial charge in [-0.2, -0.15) is 0 Å². The Kier molecular flexibility index (Phi) is 7.53. The third kappa shape index (κ3) is 5.45. The van der Waals surface area contributed by atoms with Gasteiger partial charge < -0.3 is 14.2 Å². The van der Waals surface area contributed by atoms with E-state index in [1.807, 2.05) is 0 Å². The maximum atomic E-state index is 7.28. The van der Waals surface area contributed by atoms with Crippen molar-refractivity contribution in [1.29, 1.82) is 0 Å². The average Bonchev–Trinajstić information content (AvgIpc) is 3.89.